The van der Waals surface area contributed by atoms with Crippen molar-refractivity contribution in [2.24, 2.45) is 0 Å². The highest BCUT2D eigenvalue weighted by molar-refractivity contribution is 6.40. The van der Waals surface area contributed by atoms with Crippen LogP contribution in [0.5, 0.6) is 5.75 Å². The zero-order valence-electron chi connectivity index (χ0n) is 9.36. The molecule has 4 heteroatoms. The molecule has 4 nitrogen and oxygen atoms in total. The summed E-state index contributed by atoms with van der Waals surface area (Å²) in [6.07, 6.45) is 0. The molecule has 0 heterocycles. The van der Waals surface area contributed by atoms with Crippen molar-refractivity contribution in [3.05, 3.63) is 29.8 Å². The number of ether oxygens (including phenoxy) is 2. The van der Waals surface area contributed by atoms with Gasteiger partial charge in [0.05, 0.1) is 13.2 Å². The lowest BCUT2D eigenvalue weighted by atomic mass is 10.1. The van der Waals surface area contributed by atoms with E-state index >= 15 is 0 Å². The summed E-state index contributed by atoms with van der Waals surface area (Å²) in [6, 6.07) is 6.39. The van der Waals surface area contributed by atoms with Gasteiger partial charge in [0.1, 0.15) is 5.75 Å². The zero-order valence-corrected chi connectivity index (χ0v) is 9.36. The summed E-state index contributed by atoms with van der Waals surface area (Å²) in [5.41, 5.74) is 0.307. The molecule has 1 aromatic rings. The van der Waals surface area contributed by atoms with Gasteiger partial charge in [-0.2, -0.15) is 0 Å². The second-order valence-corrected chi connectivity index (χ2v) is 3.01. The largest absolute Gasteiger partial charge is 0.494 e. The number of Topliss-reactive ketones (excluding diaryl/α,β-unsaturated/α-hetero) is 1. The Kier molecular flexibility index (Phi) is 4.51. The summed E-state index contributed by atoms with van der Waals surface area (Å²) in [6.45, 7) is 4.29. The Hall–Kier alpha value is -1.84. The first kappa shape index (κ1) is 12.2. The molecule has 1 rings (SSSR count). The summed E-state index contributed by atoms with van der Waals surface area (Å²) in [7, 11) is 0. The molecular weight excluding hydrogens is 208 g/mol. The van der Waals surface area contributed by atoms with E-state index in [0.717, 1.165) is 0 Å². The minimum Gasteiger partial charge on any atom is -0.494 e. The highest BCUT2D eigenvalue weighted by Crippen LogP contribution is 2.12. The van der Waals surface area contributed by atoms with Crippen LogP contribution in [-0.4, -0.2) is 25.0 Å². The van der Waals surface area contributed by atoms with E-state index in [1.807, 2.05) is 6.92 Å². The van der Waals surface area contributed by atoms with Gasteiger partial charge in [-0.15, -0.1) is 0 Å². The number of hydrogen-bond donors (Lipinski definition) is 0. The highest BCUT2D eigenvalue weighted by Gasteiger charge is 2.16. The summed E-state index contributed by atoms with van der Waals surface area (Å²) in [4.78, 5) is 22.6. The Balaban J connectivity index is 2.73. The van der Waals surface area contributed by atoms with Crippen molar-refractivity contribution in [1.29, 1.82) is 0 Å². The van der Waals surface area contributed by atoms with Crippen LogP contribution >= 0.6 is 0 Å². The molecule has 0 aliphatic rings. The van der Waals surface area contributed by atoms with Crippen LogP contribution in [0.15, 0.2) is 24.3 Å². The Morgan fingerprint density at radius 2 is 1.69 bits per heavy atom. The van der Waals surface area contributed by atoms with E-state index in [4.69, 9.17) is 4.74 Å². The van der Waals surface area contributed by atoms with Crippen LogP contribution in [0.2, 0.25) is 0 Å². The van der Waals surface area contributed by atoms with Crippen molar-refractivity contribution in [1.82, 2.24) is 0 Å². The van der Waals surface area contributed by atoms with Crippen molar-refractivity contribution in [2.45, 2.75) is 13.8 Å². The van der Waals surface area contributed by atoms with E-state index in [1.165, 1.54) is 0 Å². The number of esters is 1. The van der Waals surface area contributed by atoms with E-state index in [0.29, 0.717) is 17.9 Å². The lowest BCUT2D eigenvalue weighted by Gasteiger charge is -2.04. The van der Waals surface area contributed by atoms with Gasteiger partial charge in [-0.25, -0.2) is 4.79 Å². The maximum atomic E-state index is 11.5. The average molecular weight is 222 g/mol. The number of carbonyl (C=O) groups excluding carboxylic acids is 2. The minimum absolute atomic E-state index is 0.196. The molecule has 0 bridgehead atoms. The standard InChI is InChI=1S/C12H14O4/c1-3-15-10-7-5-9(6-8-10)11(13)12(14)16-4-2/h5-8H,3-4H2,1-2H3. The van der Waals surface area contributed by atoms with Gasteiger partial charge in [0.15, 0.2) is 0 Å². The third-order valence-corrected chi connectivity index (χ3v) is 1.89. The van der Waals surface area contributed by atoms with Crippen LogP contribution < -0.4 is 4.74 Å². The Bertz CT molecular complexity index is 367. The number of ketones is 1. The molecule has 0 saturated carbocycles. The molecular formula is C12H14O4. The van der Waals surface area contributed by atoms with Crippen molar-refractivity contribution >= 4 is 11.8 Å². The SMILES string of the molecule is CCOC(=O)C(=O)c1ccc(OCC)cc1. The van der Waals surface area contributed by atoms with Gasteiger partial charge in [-0.1, -0.05) is 0 Å². The summed E-state index contributed by atoms with van der Waals surface area (Å²) < 4.78 is 9.84. The van der Waals surface area contributed by atoms with Crippen molar-refractivity contribution in [2.75, 3.05) is 13.2 Å². The predicted octanol–water partition coefficient (Wildman–Crippen LogP) is 1.83. The first-order chi connectivity index (χ1) is 7.69. The maximum absolute atomic E-state index is 11.5. The number of rotatable bonds is 5. The topological polar surface area (TPSA) is 52.6 Å². The van der Waals surface area contributed by atoms with Crippen LogP contribution in [0.1, 0.15) is 24.2 Å². The second kappa shape index (κ2) is 5.90. The van der Waals surface area contributed by atoms with Crippen LogP contribution in [0, 0.1) is 0 Å². The molecule has 0 atom stereocenters. The molecule has 0 spiro atoms. The van der Waals surface area contributed by atoms with E-state index in [1.54, 1.807) is 31.2 Å². The van der Waals surface area contributed by atoms with Gasteiger partial charge in [-0.3, -0.25) is 4.79 Å². The van der Waals surface area contributed by atoms with Crippen molar-refractivity contribution in [3.8, 4) is 5.75 Å². The molecule has 0 amide bonds. The van der Waals surface area contributed by atoms with Crippen LogP contribution in [-0.2, 0) is 9.53 Å². The molecule has 0 unspecified atom stereocenters. The average Bonchev–Trinajstić information content (AvgIpc) is 2.30. The molecule has 0 saturated heterocycles. The molecule has 0 radical (unpaired) electrons. The van der Waals surface area contributed by atoms with Gasteiger partial charge in [0, 0.05) is 5.56 Å². The van der Waals surface area contributed by atoms with Gasteiger partial charge in [-0.05, 0) is 38.1 Å². The van der Waals surface area contributed by atoms with Crippen molar-refractivity contribution in [3.63, 3.8) is 0 Å². The van der Waals surface area contributed by atoms with Gasteiger partial charge in [0.2, 0.25) is 0 Å². The minimum atomic E-state index is -0.827. The van der Waals surface area contributed by atoms with E-state index in [2.05, 4.69) is 4.74 Å². The molecule has 0 aliphatic heterocycles. The van der Waals surface area contributed by atoms with Gasteiger partial charge in [0.25, 0.3) is 5.78 Å². The molecule has 1 aromatic carbocycles. The van der Waals surface area contributed by atoms with Crippen LogP contribution in [0.25, 0.3) is 0 Å². The highest BCUT2D eigenvalue weighted by atomic mass is 16.5. The number of carbonyl (C=O) groups is 2. The normalized spacial score (nSPS) is 9.62. The van der Waals surface area contributed by atoms with E-state index < -0.39 is 11.8 Å². The summed E-state index contributed by atoms with van der Waals surface area (Å²) in [5.74, 6) is -0.792. The number of benzene rings is 1. The maximum Gasteiger partial charge on any atom is 0.379 e. The van der Waals surface area contributed by atoms with Crippen LogP contribution in [0.4, 0.5) is 0 Å². The first-order valence-electron chi connectivity index (χ1n) is 5.13. The fraction of sp³-hybridized carbons (Fsp3) is 0.333. The molecule has 0 aliphatic carbocycles. The van der Waals surface area contributed by atoms with Crippen LogP contribution in [0.3, 0.4) is 0 Å². The summed E-state index contributed by atoms with van der Waals surface area (Å²) >= 11 is 0. The fourth-order valence-electron chi connectivity index (χ4n) is 1.18. The quantitative estimate of drug-likeness (QED) is 0.433. The Labute approximate surface area is 94.2 Å². The smallest absolute Gasteiger partial charge is 0.379 e. The van der Waals surface area contributed by atoms with Gasteiger partial charge >= 0.3 is 5.97 Å². The molecule has 0 aromatic heterocycles. The van der Waals surface area contributed by atoms with Crippen molar-refractivity contribution < 1.29 is 19.1 Å². The predicted molar refractivity (Wildman–Crippen MR) is 58.6 cm³/mol. The third kappa shape index (κ3) is 3.08. The summed E-state index contributed by atoms with van der Waals surface area (Å²) in [5, 5.41) is 0. The lowest BCUT2D eigenvalue weighted by Crippen LogP contribution is -2.17. The molecule has 86 valence electrons. The Morgan fingerprint density at radius 3 is 2.19 bits per heavy atom. The van der Waals surface area contributed by atoms with E-state index in [9.17, 15) is 9.59 Å². The lowest BCUT2D eigenvalue weighted by molar-refractivity contribution is -0.137. The monoisotopic (exact) mass is 222 g/mol. The fourth-order valence-corrected chi connectivity index (χ4v) is 1.18. The van der Waals surface area contributed by atoms with Gasteiger partial charge < -0.3 is 9.47 Å². The molecule has 0 N–H and O–H groups in total. The Morgan fingerprint density at radius 1 is 1.06 bits per heavy atom. The zero-order chi connectivity index (χ0) is 12.0. The number of hydrogen-bond acceptors (Lipinski definition) is 4. The third-order valence-electron chi connectivity index (χ3n) is 1.89. The first-order valence-corrected chi connectivity index (χ1v) is 5.13. The molecule has 0 fully saturated rings. The molecule has 16 heavy (non-hydrogen) atoms. The van der Waals surface area contributed by atoms with E-state index in [-0.39, 0.29) is 6.61 Å². The second-order valence-electron chi connectivity index (χ2n) is 3.01.